The van der Waals surface area contributed by atoms with Gasteiger partial charge in [-0.05, 0) is 42.6 Å². The molecule has 0 saturated carbocycles. The number of benzene rings is 1. The van der Waals surface area contributed by atoms with Crippen LogP contribution in [-0.2, 0) is 0 Å². The first-order valence-corrected chi connectivity index (χ1v) is 7.11. The van der Waals surface area contributed by atoms with Crippen molar-refractivity contribution in [3.8, 4) is 5.69 Å². The fraction of sp³-hybridized carbons (Fsp3) is 0.133. The lowest BCUT2D eigenvalue weighted by atomic mass is 10.2. The highest BCUT2D eigenvalue weighted by atomic mass is 32.1. The van der Waals surface area contributed by atoms with Crippen LogP contribution in [0.4, 0.5) is 5.69 Å². The number of anilines is 1. The van der Waals surface area contributed by atoms with Gasteiger partial charge in [0, 0.05) is 23.0 Å². The Labute approximate surface area is 116 Å². The number of aromatic nitrogens is 2. The molecular weight excluding hydrogens is 254 g/mol. The van der Waals surface area contributed by atoms with Crippen molar-refractivity contribution >= 4 is 17.0 Å². The van der Waals surface area contributed by atoms with Gasteiger partial charge in [0.25, 0.3) is 0 Å². The maximum atomic E-state index is 4.25. The second-order valence-corrected chi connectivity index (χ2v) is 5.36. The van der Waals surface area contributed by atoms with E-state index in [9.17, 15) is 0 Å². The quantitative estimate of drug-likeness (QED) is 0.772. The second kappa shape index (κ2) is 5.28. The maximum absolute atomic E-state index is 4.25. The SMILES string of the molecule is CC(Nc1cccc(-n2cccn2)c1)c1cccs1. The van der Waals surface area contributed by atoms with Gasteiger partial charge in [-0.25, -0.2) is 4.68 Å². The topological polar surface area (TPSA) is 29.9 Å². The third kappa shape index (κ3) is 2.69. The van der Waals surface area contributed by atoms with Crippen LogP contribution in [-0.4, -0.2) is 9.78 Å². The summed E-state index contributed by atoms with van der Waals surface area (Å²) in [5, 5.41) is 9.87. The largest absolute Gasteiger partial charge is 0.378 e. The smallest absolute Gasteiger partial charge is 0.0666 e. The number of rotatable bonds is 4. The van der Waals surface area contributed by atoms with Crippen molar-refractivity contribution in [1.82, 2.24) is 9.78 Å². The van der Waals surface area contributed by atoms with Crippen LogP contribution < -0.4 is 5.32 Å². The Bertz CT molecular complexity index is 629. The lowest BCUT2D eigenvalue weighted by Gasteiger charge is -2.14. The molecule has 1 N–H and O–H groups in total. The van der Waals surface area contributed by atoms with E-state index in [2.05, 4.69) is 47.0 Å². The fourth-order valence-corrected chi connectivity index (χ4v) is 2.75. The van der Waals surface area contributed by atoms with Gasteiger partial charge in [0.2, 0.25) is 0 Å². The van der Waals surface area contributed by atoms with Gasteiger partial charge in [0.15, 0.2) is 0 Å². The number of thiophene rings is 1. The summed E-state index contributed by atoms with van der Waals surface area (Å²) in [6, 6.07) is 14.8. The summed E-state index contributed by atoms with van der Waals surface area (Å²) in [4.78, 5) is 1.34. The predicted molar refractivity (Wildman–Crippen MR) is 79.9 cm³/mol. The van der Waals surface area contributed by atoms with Crippen LogP contribution in [0.1, 0.15) is 17.8 Å². The molecule has 0 aliphatic carbocycles. The molecule has 0 aliphatic rings. The van der Waals surface area contributed by atoms with Gasteiger partial charge in [-0.15, -0.1) is 11.3 Å². The van der Waals surface area contributed by atoms with Crippen LogP contribution in [0.15, 0.2) is 60.2 Å². The first-order chi connectivity index (χ1) is 9.33. The third-order valence-electron chi connectivity index (χ3n) is 2.97. The molecule has 3 nitrogen and oxygen atoms in total. The maximum Gasteiger partial charge on any atom is 0.0666 e. The number of nitrogens with zero attached hydrogens (tertiary/aromatic N) is 2. The van der Waals surface area contributed by atoms with E-state index in [1.165, 1.54) is 4.88 Å². The zero-order valence-electron chi connectivity index (χ0n) is 10.7. The minimum atomic E-state index is 0.313. The molecule has 2 aromatic heterocycles. The lowest BCUT2D eigenvalue weighted by Crippen LogP contribution is -2.05. The summed E-state index contributed by atoms with van der Waals surface area (Å²) in [6.07, 6.45) is 3.73. The molecule has 19 heavy (non-hydrogen) atoms. The number of hydrogen-bond acceptors (Lipinski definition) is 3. The van der Waals surface area contributed by atoms with Crippen molar-refractivity contribution in [1.29, 1.82) is 0 Å². The zero-order chi connectivity index (χ0) is 13.1. The van der Waals surface area contributed by atoms with Gasteiger partial charge in [-0.1, -0.05) is 12.1 Å². The van der Waals surface area contributed by atoms with Gasteiger partial charge >= 0.3 is 0 Å². The average Bonchev–Trinajstić information content (AvgIpc) is 3.13. The zero-order valence-corrected chi connectivity index (χ0v) is 11.5. The van der Waals surface area contributed by atoms with E-state index in [0.717, 1.165) is 11.4 Å². The average molecular weight is 269 g/mol. The highest BCUT2D eigenvalue weighted by Crippen LogP contribution is 2.24. The summed E-state index contributed by atoms with van der Waals surface area (Å²) < 4.78 is 1.86. The minimum Gasteiger partial charge on any atom is -0.378 e. The summed E-state index contributed by atoms with van der Waals surface area (Å²) in [6.45, 7) is 2.17. The van der Waals surface area contributed by atoms with E-state index >= 15 is 0 Å². The van der Waals surface area contributed by atoms with Gasteiger partial charge in [0.1, 0.15) is 0 Å². The molecule has 0 amide bonds. The first-order valence-electron chi connectivity index (χ1n) is 6.23. The number of hydrogen-bond donors (Lipinski definition) is 1. The van der Waals surface area contributed by atoms with E-state index in [1.54, 1.807) is 17.5 Å². The van der Waals surface area contributed by atoms with Crippen LogP contribution in [0.2, 0.25) is 0 Å². The van der Waals surface area contributed by atoms with E-state index in [4.69, 9.17) is 0 Å². The summed E-state index contributed by atoms with van der Waals surface area (Å²) in [5.74, 6) is 0. The minimum absolute atomic E-state index is 0.313. The number of nitrogens with one attached hydrogen (secondary N) is 1. The van der Waals surface area contributed by atoms with E-state index < -0.39 is 0 Å². The Hall–Kier alpha value is -2.07. The van der Waals surface area contributed by atoms with Crippen LogP contribution in [0, 0.1) is 0 Å². The summed E-state index contributed by atoms with van der Waals surface area (Å²) in [7, 11) is 0. The molecule has 1 atom stereocenters. The summed E-state index contributed by atoms with van der Waals surface area (Å²) in [5.41, 5.74) is 2.17. The molecule has 0 bridgehead atoms. The van der Waals surface area contributed by atoms with Gasteiger partial charge in [-0.2, -0.15) is 5.10 Å². The summed E-state index contributed by atoms with van der Waals surface area (Å²) >= 11 is 1.77. The van der Waals surface area contributed by atoms with Crippen molar-refractivity contribution in [2.45, 2.75) is 13.0 Å². The standard InChI is InChI=1S/C15H15N3S/c1-12(15-7-3-10-19-15)17-13-5-2-6-14(11-13)18-9-4-8-16-18/h2-12,17H,1H3. The van der Waals surface area contributed by atoms with E-state index in [0.29, 0.717) is 6.04 Å². The Balaban J connectivity index is 1.80. The van der Waals surface area contributed by atoms with Crippen molar-refractivity contribution in [3.63, 3.8) is 0 Å². The molecule has 0 fully saturated rings. The highest BCUT2D eigenvalue weighted by molar-refractivity contribution is 7.10. The van der Waals surface area contributed by atoms with Gasteiger partial charge < -0.3 is 5.32 Å². The van der Waals surface area contributed by atoms with Crippen LogP contribution in [0.25, 0.3) is 5.69 Å². The third-order valence-corrected chi connectivity index (χ3v) is 4.02. The monoisotopic (exact) mass is 269 g/mol. The molecule has 3 aromatic rings. The van der Waals surface area contributed by atoms with E-state index in [1.807, 2.05) is 29.1 Å². The molecule has 2 heterocycles. The lowest BCUT2D eigenvalue weighted by molar-refractivity contribution is 0.875. The molecule has 0 saturated heterocycles. The van der Waals surface area contributed by atoms with Crippen molar-refractivity contribution < 1.29 is 0 Å². The second-order valence-electron chi connectivity index (χ2n) is 4.38. The van der Waals surface area contributed by atoms with Crippen molar-refractivity contribution in [2.75, 3.05) is 5.32 Å². The molecular formula is C15H15N3S. The molecule has 0 spiro atoms. The molecule has 3 rings (SSSR count). The van der Waals surface area contributed by atoms with E-state index in [-0.39, 0.29) is 0 Å². The van der Waals surface area contributed by atoms with Gasteiger partial charge in [0.05, 0.1) is 11.7 Å². The Morgan fingerprint density at radius 3 is 2.89 bits per heavy atom. The fourth-order valence-electron chi connectivity index (χ4n) is 2.02. The van der Waals surface area contributed by atoms with Crippen LogP contribution >= 0.6 is 11.3 Å². The van der Waals surface area contributed by atoms with Crippen LogP contribution in [0.5, 0.6) is 0 Å². The molecule has 4 heteroatoms. The molecule has 1 aromatic carbocycles. The molecule has 0 radical (unpaired) electrons. The highest BCUT2D eigenvalue weighted by Gasteiger charge is 2.06. The Kier molecular flexibility index (Phi) is 3.33. The Morgan fingerprint density at radius 2 is 2.16 bits per heavy atom. The van der Waals surface area contributed by atoms with Crippen molar-refractivity contribution in [3.05, 3.63) is 65.1 Å². The molecule has 0 aliphatic heterocycles. The van der Waals surface area contributed by atoms with Gasteiger partial charge in [-0.3, -0.25) is 0 Å². The first kappa shape index (κ1) is 12.0. The predicted octanol–water partition coefficient (Wildman–Crippen LogP) is 4.11. The normalized spacial score (nSPS) is 12.3. The van der Waals surface area contributed by atoms with Crippen LogP contribution in [0.3, 0.4) is 0 Å². The van der Waals surface area contributed by atoms with Crippen molar-refractivity contribution in [2.24, 2.45) is 0 Å². The Morgan fingerprint density at radius 1 is 1.21 bits per heavy atom. The molecule has 1 unspecified atom stereocenters. The molecule has 96 valence electrons.